The lowest BCUT2D eigenvalue weighted by molar-refractivity contribution is -0.123. The van der Waals surface area contributed by atoms with Crippen LogP contribution < -0.4 is 14.9 Å². The molecular weight excluding hydrogens is 312 g/mol. The van der Waals surface area contributed by atoms with Crippen molar-refractivity contribution in [1.29, 1.82) is 5.26 Å². The van der Waals surface area contributed by atoms with E-state index in [0.717, 1.165) is 18.7 Å². The van der Waals surface area contributed by atoms with Crippen LogP contribution >= 0.6 is 0 Å². The van der Waals surface area contributed by atoms with Gasteiger partial charge in [-0.15, -0.1) is 0 Å². The highest BCUT2D eigenvalue weighted by molar-refractivity contribution is 5.83. The maximum atomic E-state index is 11.8. The number of nitrogens with one attached hydrogen (secondary N) is 1. The van der Waals surface area contributed by atoms with Crippen molar-refractivity contribution >= 4 is 12.1 Å². The first-order chi connectivity index (χ1) is 11.7. The quantitative estimate of drug-likeness (QED) is 0.573. The third-order valence-electron chi connectivity index (χ3n) is 3.35. The van der Waals surface area contributed by atoms with E-state index in [1.165, 1.54) is 13.3 Å². The number of rotatable bonds is 7. The van der Waals surface area contributed by atoms with Gasteiger partial charge in [0.25, 0.3) is 5.91 Å². The van der Waals surface area contributed by atoms with Crippen LogP contribution in [0.15, 0.2) is 23.3 Å². The number of amides is 1. The summed E-state index contributed by atoms with van der Waals surface area (Å²) in [6, 6.07) is 7.06. The maximum absolute atomic E-state index is 11.8. The Bertz CT molecular complexity index is 621. The zero-order valence-corrected chi connectivity index (χ0v) is 13.5. The Morgan fingerprint density at radius 2 is 2.25 bits per heavy atom. The van der Waals surface area contributed by atoms with Gasteiger partial charge in [-0.2, -0.15) is 10.4 Å². The molecule has 0 atom stereocenters. The second-order valence-electron chi connectivity index (χ2n) is 5.04. The molecule has 1 aromatic carbocycles. The van der Waals surface area contributed by atoms with Crippen molar-refractivity contribution in [1.82, 2.24) is 10.3 Å². The summed E-state index contributed by atoms with van der Waals surface area (Å²) in [4.78, 5) is 13.8. The van der Waals surface area contributed by atoms with Gasteiger partial charge in [-0.3, -0.25) is 9.69 Å². The molecule has 128 valence electrons. The van der Waals surface area contributed by atoms with Gasteiger partial charge < -0.3 is 14.2 Å². The summed E-state index contributed by atoms with van der Waals surface area (Å²) in [7, 11) is 1.51. The minimum atomic E-state index is -0.172. The molecule has 24 heavy (non-hydrogen) atoms. The zero-order chi connectivity index (χ0) is 17.2. The predicted molar refractivity (Wildman–Crippen MR) is 87.1 cm³/mol. The number of hydrogen-bond acceptors (Lipinski definition) is 7. The highest BCUT2D eigenvalue weighted by atomic mass is 16.5. The van der Waals surface area contributed by atoms with Gasteiger partial charge in [-0.05, 0) is 23.8 Å². The first-order valence-electron chi connectivity index (χ1n) is 7.52. The van der Waals surface area contributed by atoms with Gasteiger partial charge >= 0.3 is 0 Å². The fraction of sp³-hybridized carbons (Fsp3) is 0.438. The van der Waals surface area contributed by atoms with Gasteiger partial charge in [-0.25, -0.2) is 5.43 Å². The lowest BCUT2D eigenvalue weighted by Crippen LogP contribution is -2.42. The molecule has 1 amide bonds. The van der Waals surface area contributed by atoms with Crippen LogP contribution in [0.2, 0.25) is 0 Å². The lowest BCUT2D eigenvalue weighted by atomic mass is 10.2. The van der Waals surface area contributed by atoms with Crippen LogP contribution in [0.4, 0.5) is 0 Å². The number of methoxy groups -OCH3 is 1. The molecule has 0 bridgehead atoms. The first kappa shape index (κ1) is 17.7. The van der Waals surface area contributed by atoms with Crippen LogP contribution in [0.3, 0.4) is 0 Å². The molecule has 0 spiro atoms. The van der Waals surface area contributed by atoms with Crippen LogP contribution in [-0.4, -0.2) is 63.6 Å². The smallest absolute Gasteiger partial charge is 0.254 e. The zero-order valence-electron chi connectivity index (χ0n) is 13.5. The highest BCUT2D eigenvalue weighted by Gasteiger charge is 2.13. The molecule has 1 aliphatic rings. The van der Waals surface area contributed by atoms with Gasteiger partial charge in [0.1, 0.15) is 6.07 Å². The summed E-state index contributed by atoms with van der Waals surface area (Å²) in [6.45, 7) is 3.04. The molecule has 0 aliphatic carbocycles. The molecule has 1 fully saturated rings. The van der Waals surface area contributed by atoms with Gasteiger partial charge in [0, 0.05) is 13.1 Å². The molecule has 8 heteroatoms. The Labute approximate surface area is 140 Å². The Kier molecular flexibility index (Phi) is 7.01. The number of carbonyl (C=O) groups excluding carboxylic acids is 1. The standard InChI is InChI=1S/C16H20N4O4/c1-22-15-10-13(2-3-14(15)24-7-4-17)11-18-19-16(21)12-20-5-8-23-9-6-20/h2-3,10-11H,5-9,12H2,1H3,(H,19,21)/b18-11+. The highest BCUT2D eigenvalue weighted by Crippen LogP contribution is 2.27. The van der Waals surface area contributed by atoms with Crippen LogP contribution in [0.5, 0.6) is 11.5 Å². The fourth-order valence-electron chi connectivity index (χ4n) is 2.17. The largest absolute Gasteiger partial charge is 0.493 e. The van der Waals surface area contributed by atoms with Crippen molar-refractivity contribution in [2.75, 3.05) is 46.6 Å². The number of nitriles is 1. The van der Waals surface area contributed by atoms with Crippen LogP contribution in [0, 0.1) is 11.3 Å². The number of morpholine rings is 1. The number of hydrazone groups is 1. The number of hydrogen-bond donors (Lipinski definition) is 1. The molecule has 0 saturated carbocycles. The third kappa shape index (κ3) is 5.53. The Balaban J connectivity index is 1.86. The molecular formula is C16H20N4O4. The summed E-state index contributed by atoms with van der Waals surface area (Å²) in [5.41, 5.74) is 3.24. The molecule has 1 heterocycles. The summed E-state index contributed by atoms with van der Waals surface area (Å²) in [5, 5.41) is 12.5. The Morgan fingerprint density at radius 3 is 2.96 bits per heavy atom. The normalized spacial score (nSPS) is 15.0. The number of carbonyl (C=O) groups is 1. The molecule has 1 N–H and O–H groups in total. The van der Waals surface area contributed by atoms with Crippen molar-refractivity contribution in [3.05, 3.63) is 23.8 Å². The van der Waals surface area contributed by atoms with Crippen molar-refractivity contribution in [2.24, 2.45) is 5.10 Å². The van der Waals surface area contributed by atoms with E-state index in [1.54, 1.807) is 18.2 Å². The molecule has 0 radical (unpaired) electrons. The molecule has 1 aliphatic heterocycles. The average Bonchev–Trinajstić information content (AvgIpc) is 2.61. The van der Waals surface area contributed by atoms with E-state index in [-0.39, 0.29) is 12.5 Å². The second kappa shape index (κ2) is 9.50. The molecule has 2 rings (SSSR count). The summed E-state index contributed by atoms with van der Waals surface area (Å²) >= 11 is 0. The van der Waals surface area contributed by atoms with Crippen LogP contribution in [0.1, 0.15) is 5.56 Å². The van der Waals surface area contributed by atoms with Crippen molar-refractivity contribution < 1.29 is 19.0 Å². The van der Waals surface area contributed by atoms with E-state index < -0.39 is 0 Å². The average molecular weight is 332 g/mol. The van der Waals surface area contributed by atoms with E-state index in [0.29, 0.717) is 31.3 Å². The topological polar surface area (TPSA) is 96.2 Å². The third-order valence-corrected chi connectivity index (χ3v) is 3.35. The first-order valence-corrected chi connectivity index (χ1v) is 7.52. The maximum Gasteiger partial charge on any atom is 0.254 e. The van der Waals surface area contributed by atoms with Gasteiger partial charge in [-0.1, -0.05) is 0 Å². The Hall–Kier alpha value is -2.63. The minimum absolute atomic E-state index is 0.0542. The Morgan fingerprint density at radius 1 is 1.46 bits per heavy atom. The predicted octanol–water partition coefficient (Wildman–Crippen LogP) is 0.380. The molecule has 1 saturated heterocycles. The number of ether oxygens (including phenoxy) is 3. The van der Waals surface area contributed by atoms with Gasteiger partial charge in [0.2, 0.25) is 0 Å². The van der Waals surface area contributed by atoms with E-state index in [2.05, 4.69) is 10.5 Å². The minimum Gasteiger partial charge on any atom is -0.493 e. The second-order valence-corrected chi connectivity index (χ2v) is 5.04. The van der Waals surface area contributed by atoms with Crippen LogP contribution in [-0.2, 0) is 9.53 Å². The number of nitrogens with zero attached hydrogens (tertiary/aromatic N) is 3. The van der Waals surface area contributed by atoms with Gasteiger partial charge in [0.05, 0.1) is 33.1 Å². The molecule has 0 unspecified atom stereocenters. The van der Waals surface area contributed by atoms with Crippen molar-refractivity contribution in [3.63, 3.8) is 0 Å². The summed E-state index contributed by atoms with van der Waals surface area (Å²) in [6.07, 6.45) is 1.52. The summed E-state index contributed by atoms with van der Waals surface area (Å²) in [5.74, 6) is 0.801. The van der Waals surface area contributed by atoms with E-state index in [4.69, 9.17) is 19.5 Å². The monoisotopic (exact) mass is 332 g/mol. The molecule has 8 nitrogen and oxygen atoms in total. The van der Waals surface area contributed by atoms with E-state index >= 15 is 0 Å². The fourth-order valence-corrected chi connectivity index (χ4v) is 2.17. The lowest BCUT2D eigenvalue weighted by Gasteiger charge is -2.25. The van der Waals surface area contributed by atoms with E-state index in [9.17, 15) is 4.79 Å². The van der Waals surface area contributed by atoms with Gasteiger partial charge in [0.15, 0.2) is 18.1 Å². The summed E-state index contributed by atoms with van der Waals surface area (Å²) < 4.78 is 15.7. The SMILES string of the molecule is COc1cc(/C=N/NC(=O)CN2CCOCC2)ccc1OCC#N. The molecule has 0 aromatic heterocycles. The van der Waals surface area contributed by atoms with Crippen molar-refractivity contribution in [3.8, 4) is 17.6 Å². The van der Waals surface area contributed by atoms with Crippen LogP contribution in [0.25, 0.3) is 0 Å². The van der Waals surface area contributed by atoms with Crippen molar-refractivity contribution in [2.45, 2.75) is 0 Å². The molecule has 1 aromatic rings. The number of benzene rings is 1. The van der Waals surface area contributed by atoms with E-state index in [1.807, 2.05) is 11.0 Å².